The van der Waals surface area contributed by atoms with Crippen LogP contribution in [-0.2, 0) is 0 Å². The summed E-state index contributed by atoms with van der Waals surface area (Å²) in [5.41, 5.74) is -0.159. The van der Waals surface area contributed by atoms with Crippen molar-refractivity contribution in [2.75, 3.05) is 0 Å². The van der Waals surface area contributed by atoms with E-state index in [9.17, 15) is 0 Å². The Balaban J connectivity index is 2.90. The summed E-state index contributed by atoms with van der Waals surface area (Å²) >= 11 is 8.04. The molecule has 13 heavy (non-hydrogen) atoms. The minimum Gasteiger partial charge on any atom is -0.487 e. The molecule has 0 unspecified atom stereocenters. The molecular weight excluding hydrogens is 298 g/mol. The van der Waals surface area contributed by atoms with E-state index in [0.717, 1.165) is 14.3 Å². The molecule has 0 heterocycles. The zero-order valence-corrected chi connectivity index (χ0v) is 10.8. The van der Waals surface area contributed by atoms with Gasteiger partial charge in [0.25, 0.3) is 0 Å². The van der Waals surface area contributed by atoms with E-state index >= 15 is 0 Å². The van der Waals surface area contributed by atoms with Crippen LogP contribution in [0.5, 0.6) is 5.75 Å². The molecule has 0 N–H and O–H groups in total. The van der Waals surface area contributed by atoms with Crippen LogP contribution >= 0.6 is 34.2 Å². The highest BCUT2D eigenvalue weighted by molar-refractivity contribution is 14.1. The standard InChI is InChI=1S/C10H12ClIO/c1-10(2,3)13-9-5-4-7(11)6-8(9)12/h4-6H,1-3H3. The van der Waals surface area contributed by atoms with Gasteiger partial charge in [-0.05, 0) is 61.6 Å². The fourth-order valence-electron chi connectivity index (χ4n) is 0.888. The predicted octanol–water partition coefficient (Wildman–Crippen LogP) is 4.12. The molecule has 0 aliphatic heterocycles. The van der Waals surface area contributed by atoms with Crippen LogP contribution in [0.25, 0.3) is 0 Å². The number of hydrogen-bond donors (Lipinski definition) is 0. The summed E-state index contributed by atoms with van der Waals surface area (Å²) < 4.78 is 6.76. The predicted molar refractivity (Wildman–Crippen MR) is 64.6 cm³/mol. The summed E-state index contributed by atoms with van der Waals surface area (Å²) in [6, 6.07) is 5.63. The van der Waals surface area contributed by atoms with E-state index in [1.54, 1.807) is 0 Å². The molecule has 0 saturated carbocycles. The molecule has 0 aliphatic carbocycles. The largest absolute Gasteiger partial charge is 0.487 e. The van der Waals surface area contributed by atoms with Crippen molar-refractivity contribution in [1.82, 2.24) is 0 Å². The molecule has 1 rings (SSSR count). The summed E-state index contributed by atoms with van der Waals surface area (Å²) in [5, 5.41) is 0.741. The highest BCUT2D eigenvalue weighted by Crippen LogP contribution is 2.27. The quantitative estimate of drug-likeness (QED) is 0.709. The van der Waals surface area contributed by atoms with Crippen molar-refractivity contribution in [1.29, 1.82) is 0 Å². The van der Waals surface area contributed by atoms with Gasteiger partial charge in [-0.3, -0.25) is 0 Å². The molecule has 0 fully saturated rings. The normalized spacial score (nSPS) is 11.5. The molecule has 0 aliphatic rings. The monoisotopic (exact) mass is 310 g/mol. The minimum absolute atomic E-state index is 0.159. The van der Waals surface area contributed by atoms with Crippen molar-refractivity contribution in [2.24, 2.45) is 0 Å². The molecule has 0 aromatic heterocycles. The van der Waals surface area contributed by atoms with Crippen LogP contribution < -0.4 is 4.74 Å². The van der Waals surface area contributed by atoms with Gasteiger partial charge in [-0.2, -0.15) is 0 Å². The molecule has 0 spiro atoms. The summed E-state index contributed by atoms with van der Waals surface area (Å²) in [6.07, 6.45) is 0. The maximum absolute atomic E-state index is 5.83. The first-order chi connectivity index (χ1) is 5.88. The SMILES string of the molecule is CC(C)(C)Oc1ccc(Cl)cc1I. The molecule has 3 heteroatoms. The van der Waals surface area contributed by atoms with E-state index < -0.39 is 0 Å². The molecule has 1 aromatic carbocycles. The van der Waals surface area contributed by atoms with Gasteiger partial charge in [-0.15, -0.1) is 0 Å². The number of hydrogen-bond acceptors (Lipinski definition) is 1. The fourth-order valence-corrected chi connectivity index (χ4v) is 1.87. The molecular formula is C10H12ClIO. The topological polar surface area (TPSA) is 9.23 Å². The first kappa shape index (κ1) is 11.1. The average molecular weight is 311 g/mol. The van der Waals surface area contributed by atoms with E-state index in [1.807, 2.05) is 39.0 Å². The van der Waals surface area contributed by atoms with Crippen molar-refractivity contribution in [2.45, 2.75) is 26.4 Å². The van der Waals surface area contributed by atoms with Gasteiger partial charge in [0, 0.05) is 5.02 Å². The lowest BCUT2D eigenvalue weighted by Gasteiger charge is -2.22. The fraction of sp³-hybridized carbons (Fsp3) is 0.400. The highest BCUT2D eigenvalue weighted by Gasteiger charge is 2.13. The molecule has 72 valence electrons. The minimum atomic E-state index is -0.159. The second-order valence-electron chi connectivity index (χ2n) is 3.79. The summed E-state index contributed by atoms with van der Waals surface area (Å²) in [6.45, 7) is 6.08. The summed E-state index contributed by atoms with van der Waals surface area (Å²) in [5.74, 6) is 0.887. The van der Waals surface area contributed by atoms with Gasteiger partial charge < -0.3 is 4.74 Å². The van der Waals surface area contributed by atoms with Crippen molar-refractivity contribution >= 4 is 34.2 Å². The van der Waals surface area contributed by atoms with Crippen LogP contribution in [0.2, 0.25) is 5.02 Å². The second-order valence-corrected chi connectivity index (χ2v) is 5.39. The van der Waals surface area contributed by atoms with Gasteiger partial charge >= 0.3 is 0 Å². The Bertz CT molecular complexity index is 304. The highest BCUT2D eigenvalue weighted by atomic mass is 127. The first-order valence-corrected chi connectivity index (χ1v) is 5.48. The number of rotatable bonds is 1. The van der Waals surface area contributed by atoms with Crippen molar-refractivity contribution in [3.05, 3.63) is 26.8 Å². The third-order valence-electron chi connectivity index (χ3n) is 1.31. The summed E-state index contributed by atoms with van der Waals surface area (Å²) in [4.78, 5) is 0. The van der Waals surface area contributed by atoms with Crippen molar-refractivity contribution in [3.63, 3.8) is 0 Å². The van der Waals surface area contributed by atoms with Gasteiger partial charge in [0.15, 0.2) is 0 Å². The van der Waals surface area contributed by atoms with Gasteiger partial charge in [0.1, 0.15) is 11.4 Å². The van der Waals surface area contributed by atoms with Gasteiger partial charge in [-0.25, -0.2) is 0 Å². The zero-order chi connectivity index (χ0) is 10.1. The van der Waals surface area contributed by atoms with Gasteiger partial charge in [-0.1, -0.05) is 11.6 Å². The van der Waals surface area contributed by atoms with E-state index in [4.69, 9.17) is 16.3 Å². The lowest BCUT2D eigenvalue weighted by Crippen LogP contribution is -2.23. The molecule has 0 saturated heterocycles. The Morgan fingerprint density at radius 3 is 2.38 bits per heavy atom. The lowest BCUT2D eigenvalue weighted by molar-refractivity contribution is 0.129. The number of ether oxygens (including phenoxy) is 1. The lowest BCUT2D eigenvalue weighted by atomic mass is 10.2. The van der Waals surface area contributed by atoms with E-state index in [2.05, 4.69) is 22.6 Å². The average Bonchev–Trinajstić information content (AvgIpc) is 1.93. The summed E-state index contributed by atoms with van der Waals surface area (Å²) in [7, 11) is 0. The van der Waals surface area contributed by atoms with Gasteiger partial charge in [0.2, 0.25) is 0 Å². The van der Waals surface area contributed by atoms with Crippen LogP contribution in [-0.4, -0.2) is 5.60 Å². The molecule has 0 amide bonds. The smallest absolute Gasteiger partial charge is 0.133 e. The third kappa shape index (κ3) is 3.73. The maximum Gasteiger partial charge on any atom is 0.133 e. The van der Waals surface area contributed by atoms with E-state index in [1.165, 1.54) is 0 Å². The molecule has 0 radical (unpaired) electrons. The van der Waals surface area contributed by atoms with Crippen molar-refractivity contribution < 1.29 is 4.74 Å². The number of halogens is 2. The van der Waals surface area contributed by atoms with Crippen LogP contribution in [0.15, 0.2) is 18.2 Å². The Kier molecular flexibility index (Phi) is 3.46. The van der Waals surface area contributed by atoms with Gasteiger partial charge in [0.05, 0.1) is 3.57 Å². The first-order valence-electron chi connectivity index (χ1n) is 4.02. The molecule has 1 nitrogen and oxygen atoms in total. The third-order valence-corrected chi connectivity index (χ3v) is 2.39. The second kappa shape index (κ2) is 4.05. The Hall–Kier alpha value is 0.0400. The maximum atomic E-state index is 5.83. The van der Waals surface area contributed by atoms with Crippen LogP contribution in [0.4, 0.5) is 0 Å². The Morgan fingerprint density at radius 1 is 1.31 bits per heavy atom. The molecule has 1 aromatic rings. The van der Waals surface area contributed by atoms with Crippen LogP contribution in [0, 0.1) is 3.57 Å². The molecule has 0 bridgehead atoms. The number of benzene rings is 1. The zero-order valence-electron chi connectivity index (χ0n) is 7.90. The van der Waals surface area contributed by atoms with Crippen molar-refractivity contribution in [3.8, 4) is 5.75 Å². The molecule has 0 atom stereocenters. The van der Waals surface area contributed by atoms with E-state index in [0.29, 0.717) is 0 Å². The Labute approximate surface area is 97.6 Å². The van der Waals surface area contributed by atoms with Crippen LogP contribution in [0.1, 0.15) is 20.8 Å². The Morgan fingerprint density at radius 2 is 1.92 bits per heavy atom. The van der Waals surface area contributed by atoms with E-state index in [-0.39, 0.29) is 5.60 Å². The van der Waals surface area contributed by atoms with Crippen LogP contribution in [0.3, 0.4) is 0 Å².